The summed E-state index contributed by atoms with van der Waals surface area (Å²) in [5, 5.41) is 7.54. The van der Waals surface area contributed by atoms with E-state index in [-0.39, 0.29) is 0 Å². The molecule has 3 heterocycles. The van der Waals surface area contributed by atoms with Crippen molar-refractivity contribution in [1.29, 1.82) is 0 Å². The summed E-state index contributed by atoms with van der Waals surface area (Å²) in [5.41, 5.74) is 5.72. The number of aromatic amines is 1. The quantitative estimate of drug-likeness (QED) is 0.708. The lowest BCUT2D eigenvalue weighted by Gasteiger charge is -2.14. The number of nitrogens with zero attached hydrogens (tertiary/aromatic N) is 2. The molecule has 88 valence electrons. The van der Waals surface area contributed by atoms with Gasteiger partial charge in [0.05, 0.1) is 12.0 Å². The maximum absolute atomic E-state index is 5.45. The molecule has 0 aliphatic heterocycles. The number of hydrogen-bond donors (Lipinski definition) is 1. The van der Waals surface area contributed by atoms with Crippen LogP contribution in [0, 0.1) is 0 Å². The van der Waals surface area contributed by atoms with E-state index in [1.54, 1.807) is 6.26 Å². The summed E-state index contributed by atoms with van der Waals surface area (Å²) in [4.78, 5) is 4.17. The van der Waals surface area contributed by atoms with Gasteiger partial charge in [0.2, 0.25) is 0 Å². The van der Waals surface area contributed by atoms with Gasteiger partial charge < -0.3 is 4.42 Å². The average molecular weight is 237 g/mol. The van der Waals surface area contributed by atoms with E-state index >= 15 is 0 Å². The molecule has 4 rings (SSSR count). The zero-order valence-corrected chi connectivity index (χ0v) is 9.68. The zero-order chi connectivity index (χ0) is 11.9. The number of nitrogens with one attached hydrogen (secondary N) is 1. The molecule has 3 aromatic rings. The second kappa shape index (κ2) is 3.57. The number of aromatic nitrogens is 3. The van der Waals surface area contributed by atoms with Crippen LogP contribution in [0.4, 0.5) is 0 Å². The van der Waals surface area contributed by atoms with E-state index in [2.05, 4.69) is 15.2 Å². The van der Waals surface area contributed by atoms with Crippen molar-refractivity contribution in [2.75, 3.05) is 0 Å². The summed E-state index contributed by atoms with van der Waals surface area (Å²) in [6, 6.07) is 5.87. The summed E-state index contributed by atoms with van der Waals surface area (Å²) in [7, 11) is 0. The molecule has 1 aliphatic rings. The Labute approximate surface area is 104 Å². The Morgan fingerprint density at radius 2 is 2.22 bits per heavy atom. The third-order valence-corrected chi connectivity index (χ3v) is 3.44. The highest BCUT2D eigenvalue weighted by molar-refractivity contribution is 5.75. The number of aryl methyl sites for hydroxylation is 1. The number of pyridine rings is 1. The van der Waals surface area contributed by atoms with Crippen molar-refractivity contribution < 1.29 is 4.42 Å². The van der Waals surface area contributed by atoms with Crippen LogP contribution >= 0.6 is 0 Å². The van der Waals surface area contributed by atoms with Gasteiger partial charge in [-0.3, -0.25) is 10.1 Å². The summed E-state index contributed by atoms with van der Waals surface area (Å²) >= 11 is 0. The van der Waals surface area contributed by atoms with Gasteiger partial charge in [0.15, 0.2) is 5.76 Å². The van der Waals surface area contributed by atoms with Crippen molar-refractivity contribution in [3.63, 3.8) is 0 Å². The molecule has 3 aromatic heterocycles. The van der Waals surface area contributed by atoms with Gasteiger partial charge in [-0.15, -0.1) is 0 Å². The Hall–Kier alpha value is -2.36. The minimum Gasteiger partial charge on any atom is -0.463 e. The van der Waals surface area contributed by atoms with Crippen LogP contribution in [0.2, 0.25) is 0 Å². The second-order valence-electron chi connectivity index (χ2n) is 4.44. The zero-order valence-electron chi connectivity index (χ0n) is 9.68. The first-order valence-corrected chi connectivity index (χ1v) is 5.98. The largest absolute Gasteiger partial charge is 0.463 e. The van der Waals surface area contributed by atoms with Crippen LogP contribution < -0.4 is 0 Å². The molecule has 1 N–H and O–H groups in total. The molecule has 0 amide bonds. The highest BCUT2D eigenvalue weighted by Gasteiger charge is 2.23. The molecule has 0 unspecified atom stereocenters. The lowest BCUT2D eigenvalue weighted by molar-refractivity contribution is 0.579. The number of rotatable bonds is 1. The van der Waals surface area contributed by atoms with Crippen molar-refractivity contribution in [3.8, 4) is 22.7 Å². The van der Waals surface area contributed by atoms with Gasteiger partial charge in [-0.05, 0) is 36.6 Å². The van der Waals surface area contributed by atoms with Crippen molar-refractivity contribution >= 4 is 0 Å². The molecular formula is C14H11N3O. The number of fused-ring (bicyclic) bond motifs is 3. The molecular weight excluding hydrogens is 226 g/mol. The Morgan fingerprint density at radius 1 is 1.22 bits per heavy atom. The Balaban J connectivity index is 1.93. The van der Waals surface area contributed by atoms with Crippen LogP contribution in [0.5, 0.6) is 0 Å². The second-order valence-corrected chi connectivity index (χ2v) is 4.44. The van der Waals surface area contributed by atoms with Crippen LogP contribution in [0.3, 0.4) is 0 Å². The molecule has 0 fully saturated rings. The minimum atomic E-state index is 0.848. The van der Waals surface area contributed by atoms with Gasteiger partial charge in [0.1, 0.15) is 5.69 Å². The van der Waals surface area contributed by atoms with Crippen LogP contribution in [0.15, 0.2) is 41.3 Å². The fourth-order valence-electron chi connectivity index (χ4n) is 2.57. The monoisotopic (exact) mass is 237 g/mol. The van der Waals surface area contributed by atoms with Crippen molar-refractivity contribution in [1.82, 2.24) is 15.2 Å². The number of furan rings is 1. The minimum absolute atomic E-state index is 0.848. The standard InChI is InChI=1S/C14H11N3O/c1-2-12(18-7-1)14-11-4-3-9-8-15-6-5-10(9)13(11)16-17-14/h1-2,5-8H,3-4H2,(H,16,17). The molecule has 0 saturated carbocycles. The lowest BCUT2D eigenvalue weighted by Crippen LogP contribution is -2.03. The van der Waals surface area contributed by atoms with Gasteiger partial charge in [-0.25, -0.2) is 0 Å². The Morgan fingerprint density at radius 3 is 3.11 bits per heavy atom. The smallest absolute Gasteiger partial charge is 0.151 e. The van der Waals surface area contributed by atoms with Crippen LogP contribution in [-0.4, -0.2) is 15.2 Å². The van der Waals surface area contributed by atoms with Gasteiger partial charge >= 0.3 is 0 Å². The topological polar surface area (TPSA) is 54.7 Å². The maximum atomic E-state index is 5.45. The molecule has 0 bridgehead atoms. The first-order chi connectivity index (χ1) is 8.93. The van der Waals surface area contributed by atoms with Gasteiger partial charge in [-0.2, -0.15) is 5.10 Å². The highest BCUT2D eigenvalue weighted by Crippen LogP contribution is 2.36. The van der Waals surface area contributed by atoms with E-state index in [4.69, 9.17) is 4.42 Å². The molecule has 18 heavy (non-hydrogen) atoms. The molecule has 4 heteroatoms. The Bertz CT molecular complexity index is 698. The third kappa shape index (κ3) is 1.26. The Kier molecular flexibility index (Phi) is 1.91. The SMILES string of the molecule is c1coc(-c2[nH]nc3c2CCc2cnccc2-3)c1. The lowest BCUT2D eigenvalue weighted by atomic mass is 9.90. The molecule has 0 atom stereocenters. The van der Waals surface area contributed by atoms with Crippen LogP contribution in [0.1, 0.15) is 11.1 Å². The summed E-state index contributed by atoms with van der Waals surface area (Å²) in [5.74, 6) is 0.848. The predicted octanol–water partition coefficient (Wildman–Crippen LogP) is 2.83. The van der Waals surface area contributed by atoms with Gasteiger partial charge in [-0.1, -0.05) is 0 Å². The summed E-state index contributed by atoms with van der Waals surface area (Å²) < 4.78 is 5.45. The number of H-pyrrole nitrogens is 1. The van der Waals surface area contributed by atoms with Crippen molar-refractivity contribution in [2.45, 2.75) is 12.8 Å². The van der Waals surface area contributed by atoms with E-state index in [9.17, 15) is 0 Å². The predicted molar refractivity (Wildman–Crippen MR) is 66.9 cm³/mol. The number of hydrogen-bond acceptors (Lipinski definition) is 3. The fourth-order valence-corrected chi connectivity index (χ4v) is 2.57. The molecule has 4 nitrogen and oxygen atoms in total. The van der Waals surface area contributed by atoms with E-state index < -0.39 is 0 Å². The molecule has 0 saturated heterocycles. The molecule has 0 aromatic carbocycles. The first-order valence-electron chi connectivity index (χ1n) is 5.98. The van der Waals surface area contributed by atoms with E-state index in [1.165, 1.54) is 16.7 Å². The van der Waals surface area contributed by atoms with E-state index in [0.29, 0.717) is 0 Å². The van der Waals surface area contributed by atoms with Crippen LogP contribution in [0.25, 0.3) is 22.7 Å². The van der Waals surface area contributed by atoms with Crippen molar-refractivity contribution in [3.05, 3.63) is 48.0 Å². The molecule has 1 aliphatic carbocycles. The summed E-state index contributed by atoms with van der Waals surface area (Å²) in [6.45, 7) is 0. The van der Waals surface area contributed by atoms with E-state index in [0.717, 1.165) is 30.0 Å². The summed E-state index contributed by atoms with van der Waals surface area (Å²) in [6.07, 6.45) is 7.40. The molecule has 0 radical (unpaired) electrons. The average Bonchev–Trinajstić information content (AvgIpc) is 3.07. The van der Waals surface area contributed by atoms with Gasteiger partial charge in [0, 0.05) is 23.5 Å². The van der Waals surface area contributed by atoms with E-state index in [1.807, 2.05) is 30.6 Å². The normalized spacial score (nSPS) is 13.1. The fraction of sp³-hybridized carbons (Fsp3) is 0.143. The van der Waals surface area contributed by atoms with Gasteiger partial charge in [0.25, 0.3) is 0 Å². The maximum Gasteiger partial charge on any atom is 0.151 e. The third-order valence-electron chi connectivity index (χ3n) is 3.44. The van der Waals surface area contributed by atoms with Crippen molar-refractivity contribution in [2.24, 2.45) is 0 Å². The van der Waals surface area contributed by atoms with Crippen LogP contribution in [-0.2, 0) is 12.8 Å². The highest BCUT2D eigenvalue weighted by atomic mass is 16.3. The molecule has 0 spiro atoms. The first kappa shape index (κ1) is 9.65.